The van der Waals surface area contributed by atoms with Gasteiger partial charge in [0.2, 0.25) is 0 Å². The molecule has 4 nitrogen and oxygen atoms in total. The number of aromatic hydroxyl groups is 1. The summed E-state index contributed by atoms with van der Waals surface area (Å²) in [6, 6.07) is 8.40. The normalized spacial score (nSPS) is 12.5. The Morgan fingerprint density at radius 2 is 1.92 bits per heavy atom. The van der Waals surface area contributed by atoms with Crippen LogP contribution in [0.5, 0.6) is 5.75 Å². The van der Waals surface area contributed by atoms with Gasteiger partial charge in [-0.25, -0.2) is 8.78 Å². The number of rotatable bonds is 4. The molecule has 0 aliphatic heterocycles. The van der Waals surface area contributed by atoms with Gasteiger partial charge in [-0.3, -0.25) is 4.79 Å². The second kappa shape index (κ2) is 6.48. The summed E-state index contributed by atoms with van der Waals surface area (Å²) in [5.41, 5.74) is 1.26. The van der Waals surface area contributed by atoms with Crippen molar-refractivity contribution in [1.29, 1.82) is 0 Å². The second-order valence-electron chi connectivity index (χ2n) is 5.81. The molecule has 130 valence electrons. The summed E-state index contributed by atoms with van der Waals surface area (Å²) in [4.78, 5) is 11.3. The van der Waals surface area contributed by atoms with E-state index in [1.807, 2.05) is 24.3 Å². The third-order valence-electron chi connectivity index (χ3n) is 4.17. The number of carboxylic acids is 1. The molecule has 0 saturated heterocycles. The van der Waals surface area contributed by atoms with Gasteiger partial charge in [-0.1, -0.05) is 28.1 Å². The highest BCUT2D eigenvalue weighted by atomic mass is 79.9. The lowest BCUT2D eigenvalue weighted by molar-refractivity contribution is -0.138. The first-order valence-corrected chi connectivity index (χ1v) is 8.25. The van der Waals surface area contributed by atoms with E-state index in [9.17, 15) is 23.8 Å². The van der Waals surface area contributed by atoms with Gasteiger partial charge in [-0.05, 0) is 30.2 Å². The average Bonchev–Trinajstić information content (AvgIpc) is 2.92. The van der Waals surface area contributed by atoms with Gasteiger partial charge in [0, 0.05) is 28.7 Å². The first-order chi connectivity index (χ1) is 11.8. The number of carbonyl (C=O) groups is 1. The van der Waals surface area contributed by atoms with Gasteiger partial charge in [0.05, 0.1) is 11.4 Å². The van der Waals surface area contributed by atoms with Gasteiger partial charge in [0.15, 0.2) is 17.4 Å². The number of nitrogens with zero attached hydrogens (tertiary/aromatic N) is 1. The maximum atomic E-state index is 14.4. The fraction of sp³-hybridized carbons (Fsp3) is 0.167. The van der Waals surface area contributed by atoms with E-state index in [2.05, 4.69) is 15.9 Å². The summed E-state index contributed by atoms with van der Waals surface area (Å²) in [6.07, 6.45) is 1.49. The number of aromatic nitrogens is 1. The molecule has 0 radical (unpaired) electrons. The number of phenols is 1. The number of aliphatic carboxylic acids is 1. The molecule has 0 aliphatic rings. The third kappa shape index (κ3) is 3.11. The van der Waals surface area contributed by atoms with Crippen molar-refractivity contribution < 1.29 is 23.8 Å². The zero-order valence-electron chi connectivity index (χ0n) is 13.1. The Kier molecular flexibility index (Phi) is 4.51. The van der Waals surface area contributed by atoms with Crippen LogP contribution < -0.4 is 0 Å². The number of hydrogen-bond acceptors (Lipinski definition) is 2. The highest BCUT2D eigenvalue weighted by Crippen LogP contribution is 2.36. The van der Waals surface area contributed by atoms with Crippen molar-refractivity contribution >= 4 is 32.8 Å². The fourth-order valence-corrected chi connectivity index (χ4v) is 3.04. The topological polar surface area (TPSA) is 62.5 Å². The highest BCUT2D eigenvalue weighted by molar-refractivity contribution is 9.10. The number of fused-ring (bicyclic) bond motifs is 1. The maximum absolute atomic E-state index is 14.4. The fourth-order valence-electron chi connectivity index (χ4n) is 2.78. The van der Waals surface area contributed by atoms with Crippen molar-refractivity contribution in [3.05, 3.63) is 63.8 Å². The monoisotopic (exact) mass is 409 g/mol. The summed E-state index contributed by atoms with van der Waals surface area (Å²) < 4.78 is 30.8. The Labute approximate surface area is 150 Å². The molecule has 0 aliphatic carbocycles. The van der Waals surface area contributed by atoms with Crippen LogP contribution >= 0.6 is 15.9 Å². The Balaban J connectivity index is 2.21. The van der Waals surface area contributed by atoms with Crippen LogP contribution in [0.15, 0.2) is 41.0 Å². The molecular formula is C18H14BrF2NO3. The molecule has 0 saturated carbocycles. The van der Waals surface area contributed by atoms with Crippen LogP contribution in [0.3, 0.4) is 0 Å². The number of carboxylic acid groups (broad SMARTS) is 1. The molecule has 3 rings (SSSR count). The molecule has 1 unspecified atom stereocenters. The van der Waals surface area contributed by atoms with Gasteiger partial charge in [-0.15, -0.1) is 0 Å². The Hall–Kier alpha value is -2.41. The minimum Gasteiger partial charge on any atom is -0.503 e. The summed E-state index contributed by atoms with van der Waals surface area (Å²) >= 11 is 3.34. The van der Waals surface area contributed by atoms with E-state index in [1.54, 1.807) is 4.57 Å². The molecule has 0 bridgehead atoms. The van der Waals surface area contributed by atoms with Gasteiger partial charge in [0.25, 0.3) is 0 Å². The van der Waals surface area contributed by atoms with E-state index >= 15 is 0 Å². The van der Waals surface area contributed by atoms with E-state index in [4.69, 9.17) is 0 Å². The van der Waals surface area contributed by atoms with E-state index in [-0.39, 0.29) is 16.5 Å². The van der Waals surface area contributed by atoms with Crippen LogP contribution in [-0.2, 0) is 11.3 Å². The largest absolute Gasteiger partial charge is 0.503 e. The van der Waals surface area contributed by atoms with Crippen molar-refractivity contribution in [3.8, 4) is 5.75 Å². The summed E-state index contributed by atoms with van der Waals surface area (Å²) in [6.45, 7) is 1.72. The van der Waals surface area contributed by atoms with E-state index in [0.29, 0.717) is 6.54 Å². The maximum Gasteiger partial charge on any atom is 0.310 e. The zero-order valence-corrected chi connectivity index (χ0v) is 14.7. The van der Waals surface area contributed by atoms with Crippen LogP contribution in [0.4, 0.5) is 8.78 Å². The predicted octanol–water partition coefficient (Wildman–Crippen LogP) is 4.62. The predicted molar refractivity (Wildman–Crippen MR) is 92.8 cm³/mol. The molecule has 0 spiro atoms. The number of benzene rings is 2. The van der Waals surface area contributed by atoms with Crippen LogP contribution in [0.25, 0.3) is 10.9 Å². The lowest BCUT2D eigenvalue weighted by Crippen LogP contribution is -2.07. The van der Waals surface area contributed by atoms with E-state index < -0.39 is 29.3 Å². The number of halogens is 3. The molecule has 1 atom stereocenters. The molecule has 2 aromatic carbocycles. The number of hydrogen-bond donors (Lipinski definition) is 2. The molecule has 2 N–H and O–H groups in total. The second-order valence-corrected chi connectivity index (χ2v) is 6.73. The van der Waals surface area contributed by atoms with Gasteiger partial charge >= 0.3 is 5.97 Å². The van der Waals surface area contributed by atoms with Crippen LogP contribution in [0.2, 0.25) is 0 Å². The SMILES string of the molecule is CC(C(=O)O)c1cn(Cc2ccc(Br)cc2)c2cc(F)c(O)c(F)c12. The summed E-state index contributed by atoms with van der Waals surface area (Å²) in [5, 5.41) is 18.8. The molecular weight excluding hydrogens is 396 g/mol. The lowest BCUT2D eigenvalue weighted by atomic mass is 10.0. The van der Waals surface area contributed by atoms with Crippen LogP contribution in [0.1, 0.15) is 24.0 Å². The quantitative estimate of drug-likeness (QED) is 0.660. The summed E-state index contributed by atoms with van der Waals surface area (Å²) in [5.74, 6) is -5.48. The average molecular weight is 410 g/mol. The van der Waals surface area contributed by atoms with E-state index in [1.165, 1.54) is 13.1 Å². The molecule has 0 fully saturated rings. The third-order valence-corrected chi connectivity index (χ3v) is 4.70. The van der Waals surface area contributed by atoms with Gasteiger partial charge in [0.1, 0.15) is 0 Å². The van der Waals surface area contributed by atoms with Crippen molar-refractivity contribution in [2.24, 2.45) is 0 Å². The minimum absolute atomic E-state index is 0.0779. The smallest absolute Gasteiger partial charge is 0.310 e. The number of phenolic OH excluding ortho intramolecular Hbond substituents is 1. The molecule has 1 heterocycles. The van der Waals surface area contributed by atoms with E-state index in [0.717, 1.165) is 16.1 Å². The molecule has 7 heteroatoms. The van der Waals surface area contributed by atoms with Crippen molar-refractivity contribution in [2.45, 2.75) is 19.4 Å². The van der Waals surface area contributed by atoms with Gasteiger partial charge in [-0.2, -0.15) is 0 Å². The first-order valence-electron chi connectivity index (χ1n) is 7.46. The van der Waals surface area contributed by atoms with Crippen LogP contribution in [0, 0.1) is 11.6 Å². The summed E-state index contributed by atoms with van der Waals surface area (Å²) in [7, 11) is 0. The Bertz CT molecular complexity index is 967. The Morgan fingerprint density at radius 1 is 1.28 bits per heavy atom. The zero-order chi connectivity index (χ0) is 18.3. The Morgan fingerprint density at radius 3 is 2.52 bits per heavy atom. The standard InChI is InChI=1S/C18H14BrF2NO3/c1-9(18(24)25)12-8-22(7-10-2-4-11(19)5-3-10)14-6-13(20)17(23)16(21)15(12)14/h2-6,8-9,23H,7H2,1H3,(H,24,25). The molecule has 1 aromatic heterocycles. The first kappa shape index (κ1) is 17.4. The molecule has 0 amide bonds. The van der Waals surface area contributed by atoms with Crippen molar-refractivity contribution in [3.63, 3.8) is 0 Å². The lowest BCUT2D eigenvalue weighted by Gasteiger charge is -2.07. The van der Waals surface area contributed by atoms with Crippen LogP contribution in [-0.4, -0.2) is 20.7 Å². The van der Waals surface area contributed by atoms with Crippen molar-refractivity contribution in [2.75, 3.05) is 0 Å². The van der Waals surface area contributed by atoms with Crippen molar-refractivity contribution in [1.82, 2.24) is 4.57 Å². The molecule has 3 aromatic rings. The van der Waals surface area contributed by atoms with Gasteiger partial charge < -0.3 is 14.8 Å². The highest BCUT2D eigenvalue weighted by Gasteiger charge is 2.25. The minimum atomic E-state index is -1.15. The molecule has 25 heavy (non-hydrogen) atoms.